The molecule has 0 aliphatic rings. The predicted octanol–water partition coefficient (Wildman–Crippen LogP) is 1.33. The molecule has 0 saturated heterocycles. The zero-order valence-corrected chi connectivity index (χ0v) is 18.0. The molecule has 0 amide bonds. The molecule has 4 nitrogen and oxygen atoms in total. The molecule has 0 saturated carbocycles. The van der Waals surface area contributed by atoms with Gasteiger partial charge in [0, 0.05) is 38.2 Å². The Labute approximate surface area is 136 Å². The Morgan fingerprint density at radius 3 is 1.20 bits per heavy atom. The molecule has 0 spiro atoms. The van der Waals surface area contributed by atoms with Crippen LogP contribution in [0.25, 0.3) is 0 Å². The smallest absolute Gasteiger partial charge is 0.135 e. The molecule has 2 atom stereocenters. The normalized spacial score (nSPS) is 16.2. The summed E-state index contributed by atoms with van der Waals surface area (Å²) in [6.07, 6.45) is 2.37. The summed E-state index contributed by atoms with van der Waals surface area (Å²) in [5.74, 6) is 0.0761. The molecule has 8 heteroatoms. The molecule has 0 rings (SSSR count). The van der Waals surface area contributed by atoms with Crippen LogP contribution >= 0.6 is 21.6 Å². The van der Waals surface area contributed by atoms with Crippen molar-refractivity contribution >= 4 is 40.6 Å². The van der Waals surface area contributed by atoms with Crippen molar-refractivity contribution in [2.75, 3.05) is 28.4 Å². The molecule has 0 radical (unpaired) electrons. The first kappa shape index (κ1) is 21.0. The quantitative estimate of drug-likeness (QED) is 0.281. The van der Waals surface area contributed by atoms with Crippen molar-refractivity contribution in [1.82, 2.24) is 0 Å². The molecule has 0 aliphatic carbocycles. The Hall–Kier alpha value is 0.974. The molecule has 2 unspecified atom stereocenters. The molecule has 0 aliphatic heterocycles. The average Bonchev–Trinajstić information content (AvgIpc) is 2.50. The third-order valence-electron chi connectivity index (χ3n) is 3.20. The summed E-state index contributed by atoms with van der Waals surface area (Å²) in [4.78, 5) is 1.38. The molecular formula is C12H30O4S2Si2. The van der Waals surface area contributed by atoms with Gasteiger partial charge in [0.25, 0.3) is 0 Å². The van der Waals surface area contributed by atoms with Crippen LogP contribution in [0.4, 0.5) is 0 Å². The topological polar surface area (TPSA) is 36.9 Å². The van der Waals surface area contributed by atoms with E-state index in [9.17, 15) is 0 Å². The van der Waals surface area contributed by atoms with Crippen LogP contribution in [0.2, 0.25) is 0 Å². The molecule has 0 bridgehead atoms. The lowest BCUT2D eigenvalue weighted by Gasteiger charge is -2.23. The van der Waals surface area contributed by atoms with Crippen molar-refractivity contribution in [3.63, 3.8) is 0 Å². The van der Waals surface area contributed by atoms with E-state index < -0.39 is 19.0 Å². The second kappa shape index (κ2) is 13.6. The summed E-state index contributed by atoms with van der Waals surface area (Å²) >= 11 is 0. The minimum Gasteiger partial charge on any atom is -0.360 e. The average molecular weight is 359 g/mol. The Balaban J connectivity index is 4.16. The van der Waals surface area contributed by atoms with Crippen molar-refractivity contribution in [3.05, 3.63) is 0 Å². The molecule has 20 heavy (non-hydrogen) atoms. The fourth-order valence-electron chi connectivity index (χ4n) is 1.71. The van der Waals surface area contributed by atoms with Gasteiger partial charge in [-0.25, -0.2) is 0 Å². The maximum Gasteiger partial charge on any atom is 0.135 e. The van der Waals surface area contributed by atoms with E-state index in [4.69, 9.17) is 18.9 Å². The van der Waals surface area contributed by atoms with Crippen LogP contribution in [0.1, 0.15) is 26.7 Å². The summed E-state index contributed by atoms with van der Waals surface area (Å²) in [5, 5.41) is 0. The van der Waals surface area contributed by atoms with Gasteiger partial charge in [-0.15, -0.1) is 0 Å². The first-order valence-corrected chi connectivity index (χ1v) is 12.6. The first-order valence-electron chi connectivity index (χ1n) is 7.08. The highest BCUT2D eigenvalue weighted by molar-refractivity contribution is 8.77. The molecule has 0 N–H and O–H groups in total. The second-order valence-electron chi connectivity index (χ2n) is 4.53. The van der Waals surface area contributed by atoms with Gasteiger partial charge in [0.1, 0.15) is 30.9 Å². The minimum atomic E-state index is -0.398. The number of methoxy groups -OCH3 is 4. The van der Waals surface area contributed by atoms with Crippen LogP contribution in [-0.2, 0) is 18.9 Å². The van der Waals surface area contributed by atoms with Crippen LogP contribution in [0, 0.1) is 0 Å². The van der Waals surface area contributed by atoms with E-state index in [1.165, 1.54) is 12.8 Å². The Morgan fingerprint density at radius 2 is 1.00 bits per heavy atom. The van der Waals surface area contributed by atoms with Gasteiger partial charge in [0.15, 0.2) is 0 Å². The first-order chi connectivity index (χ1) is 9.64. The maximum atomic E-state index is 5.35. The number of ether oxygens (including phenoxy) is 4. The zero-order chi connectivity index (χ0) is 15.4. The van der Waals surface area contributed by atoms with Gasteiger partial charge < -0.3 is 18.9 Å². The third kappa shape index (κ3) is 9.09. The van der Waals surface area contributed by atoms with E-state index in [2.05, 4.69) is 13.8 Å². The number of hydrogen-bond acceptors (Lipinski definition) is 6. The summed E-state index contributed by atoms with van der Waals surface area (Å²) in [5.41, 5.74) is 0. The minimum absolute atomic E-state index is 0.0380. The van der Waals surface area contributed by atoms with Gasteiger partial charge in [-0.3, -0.25) is 0 Å². The highest BCUT2D eigenvalue weighted by atomic mass is 33.1. The highest BCUT2D eigenvalue weighted by Gasteiger charge is 2.20. The van der Waals surface area contributed by atoms with Crippen LogP contribution < -0.4 is 0 Å². The lowest BCUT2D eigenvalue weighted by Crippen LogP contribution is -2.31. The van der Waals surface area contributed by atoms with Crippen LogP contribution in [0.5, 0.6) is 0 Å². The highest BCUT2D eigenvalue weighted by Crippen LogP contribution is 2.34. The molecular weight excluding hydrogens is 328 g/mol. The van der Waals surface area contributed by atoms with Gasteiger partial charge in [-0.2, -0.15) is 0 Å². The fraction of sp³-hybridized carbons (Fsp3) is 1.00. The SMILES string of the molecule is CCC([SiH2]C(OC)OC)SSC(CC)[SiH2]C(OC)OC. The van der Waals surface area contributed by atoms with Crippen LogP contribution in [0.15, 0.2) is 0 Å². The van der Waals surface area contributed by atoms with Gasteiger partial charge in [-0.05, 0) is 12.8 Å². The van der Waals surface area contributed by atoms with Crippen molar-refractivity contribution < 1.29 is 18.9 Å². The van der Waals surface area contributed by atoms with E-state index in [1.54, 1.807) is 28.4 Å². The van der Waals surface area contributed by atoms with Crippen molar-refractivity contribution in [2.24, 2.45) is 0 Å². The maximum absolute atomic E-state index is 5.35. The fourth-order valence-corrected chi connectivity index (χ4v) is 10.8. The van der Waals surface area contributed by atoms with E-state index in [0.717, 1.165) is 0 Å². The van der Waals surface area contributed by atoms with E-state index in [-0.39, 0.29) is 11.8 Å². The summed E-state index contributed by atoms with van der Waals surface area (Å²) < 4.78 is 21.4. The van der Waals surface area contributed by atoms with Gasteiger partial charge >= 0.3 is 0 Å². The Morgan fingerprint density at radius 1 is 0.700 bits per heavy atom. The standard InChI is InChI=1S/C12H30O4S2Si2/c1-7-9(19-11(13-3)14-4)17-18-10(8-2)20-12(15-5)16-6/h9-12H,7-8,19-20H2,1-6H3. The third-order valence-corrected chi connectivity index (χ3v) is 14.4. The van der Waals surface area contributed by atoms with E-state index >= 15 is 0 Å². The van der Waals surface area contributed by atoms with Crippen LogP contribution in [0.3, 0.4) is 0 Å². The molecule has 0 aromatic carbocycles. The van der Waals surface area contributed by atoms with E-state index in [1.807, 2.05) is 21.6 Å². The molecule has 0 fully saturated rings. The summed E-state index contributed by atoms with van der Waals surface area (Å²) in [6, 6.07) is 0. The molecule has 0 aromatic heterocycles. The van der Waals surface area contributed by atoms with E-state index in [0.29, 0.717) is 9.75 Å². The van der Waals surface area contributed by atoms with Gasteiger partial charge in [0.2, 0.25) is 0 Å². The molecule has 122 valence electrons. The summed E-state index contributed by atoms with van der Waals surface area (Å²) in [6.45, 7) is 4.50. The van der Waals surface area contributed by atoms with Crippen LogP contribution in [-0.4, -0.2) is 69.1 Å². The summed E-state index contributed by atoms with van der Waals surface area (Å²) in [7, 11) is 10.2. The number of hydrogen-bond donors (Lipinski definition) is 0. The zero-order valence-electron chi connectivity index (χ0n) is 13.6. The lowest BCUT2D eigenvalue weighted by molar-refractivity contribution is -0.0444. The van der Waals surface area contributed by atoms with Crippen molar-refractivity contribution in [1.29, 1.82) is 0 Å². The van der Waals surface area contributed by atoms with Crippen molar-refractivity contribution in [2.45, 2.75) is 48.3 Å². The monoisotopic (exact) mass is 358 g/mol. The predicted molar refractivity (Wildman–Crippen MR) is 96.0 cm³/mol. The number of rotatable bonds is 13. The molecule has 0 aromatic rings. The lowest BCUT2D eigenvalue weighted by atomic mass is 10.6. The molecule has 0 heterocycles. The Kier molecular flexibility index (Phi) is 14.3. The van der Waals surface area contributed by atoms with Gasteiger partial charge in [0.05, 0.1) is 0 Å². The Bertz CT molecular complexity index is 198. The van der Waals surface area contributed by atoms with Crippen molar-refractivity contribution in [3.8, 4) is 0 Å². The second-order valence-corrected chi connectivity index (χ2v) is 12.8. The van der Waals surface area contributed by atoms with Gasteiger partial charge in [-0.1, -0.05) is 35.4 Å². The largest absolute Gasteiger partial charge is 0.360 e.